The first kappa shape index (κ1) is 47.6. The zero-order valence-electron chi connectivity index (χ0n) is 40.5. The Hall–Kier alpha value is -4.08. The van der Waals surface area contributed by atoms with Gasteiger partial charge in [0.2, 0.25) is 5.91 Å². The first-order chi connectivity index (χ1) is 32.7. The van der Waals surface area contributed by atoms with Gasteiger partial charge in [-0.3, -0.25) is 24.5 Å². The molecule has 68 heavy (non-hydrogen) atoms. The molecule has 10 rings (SSSR count). The highest BCUT2D eigenvalue weighted by Gasteiger charge is 2.58. The number of amides is 4. The van der Waals surface area contributed by atoms with Crippen LogP contribution in [0.4, 0.5) is 0 Å². The second-order valence-corrected chi connectivity index (χ2v) is 22.3. The average molecular weight is 955 g/mol. The fourth-order valence-corrected chi connectivity index (χ4v) is 12.7. The maximum Gasteiger partial charge on any atom is 0.255 e. The number of ether oxygens (including phenoxy) is 2. The molecular formula is C53H72ClN7O7. The molecule has 4 aliphatic carbocycles. The maximum atomic E-state index is 14.4. The van der Waals surface area contributed by atoms with Gasteiger partial charge in [-0.05, 0) is 125 Å². The van der Waals surface area contributed by atoms with Crippen molar-refractivity contribution in [3.05, 3.63) is 54.4 Å². The molecule has 4 heterocycles. The van der Waals surface area contributed by atoms with Gasteiger partial charge >= 0.3 is 0 Å². The van der Waals surface area contributed by atoms with Crippen LogP contribution in [0, 0.1) is 17.8 Å². The molecule has 0 bridgehead atoms. The smallest absolute Gasteiger partial charge is 0.255 e. The predicted molar refractivity (Wildman–Crippen MR) is 260 cm³/mol. The number of piperazine rings is 2. The van der Waals surface area contributed by atoms with Crippen LogP contribution in [-0.4, -0.2) is 150 Å². The number of aliphatic hydroxyl groups is 1. The highest BCUT2D eigenvalue weighted by atomic mass is 35.5. The first-order valence-electron chi connectivity index (χ1n) is 25.9. The molecule has 2 N–H and O–H groups in total. The molecule has 4 amide bonds. The molecule has 3 aromatic rings. The molecule has 3 aliphatic heterocycles. The minimum absolute atomic E-state index is 0.0665. The minimum Gasteiger partial charge on any atom is -0.380 e. The number of unbranched alkanes of at least 4 members (excludes halogenated alkanes) is 1. The van der Waals surface area contributed by atoms with Crippen LogP contribution in [0.1, 0.15) is 121 Å². The van der Waals surface area contributed by atoms with E-state index in [1.807, 2.05) is 57.5 Å². The Kier molecular flexibility index (Phi) is 13.2. The SMILES string of the molecule is CCCCC(C)C1(C2CCC(C(=O)N3CCN(C(=O)C4(O)CC4)[C@@H](COC4(C(=O)N5CCN(C(=O)c6ccc(-c7ccc8c(c7)ncn8C)cc6)C[C@@H]5C)CC4)C3)CC2)NC2CCC(Cl)CC2O1. The summed E-state index contributed by atoms with van der Waals surface area (Å²) >= 11 is 6.64. The van der Waals surface area contributed by atoms with Gasteiger partial charge in [0.25, 0.3) is 17.7 Å². The summed E-state index contributed by atoms with van der Waals surface area (Å²) in [5.41, 5.74) is 1.85. The summed E-state index contributed by atoms with van der Waals surface area (Å²) in [7, 11) is 1.97. The van der Waals surface area contributed by atoms with Crippen molar-refractivity contribution in [1.29, 1.82) is 0 Å². The monoisotopic (exact) mass is 954 g/mol. The number of rotatable bonds is 13. The normalized spacial score (nSPS) is 31.4. The van der Waals surface area contributed by atoms with Crippen molar-refractivity contribution in [2.75, 3.05) is 45.9 Å². The van der Waals surface area contributed by atoms with Gasteiger partial charge in [0.05, 0.1) is 36.1 Å². The molecule has 15 heteroatoms. The second kappa shape index (κ2) is 18.9. The zero-order valence-corrected chi connectivity index (χ0v) is 41.3. The quantitative estimate of drug-likeness (QED) is 0.183. The lowest BCUT2D eigenvalue weighted by Crippen LogP contribution is -2.62. The molecule has 5 unspecified atom stereocenters. The van der Waals surface area contributed by atoms with Crippen LogP contribution in [0.3, 0.4) is 0 Å². The third-order valence-corrected chi connectivity index (χ3v) is 17.5. The van der Waals surface area contributed by atoms with E-state index in [0.717, 1.165) is 86.4 Å². The van der Waals surface area contributed by atoms with Crippen molar-refractivity contribution >= 4 is 46.3 Å². The average Bonchev–Trinajstić information content (AvgIpc) is 4.25. The van der Waals surface area contributed by atoms with Crippen LogP contribution in [0.25, 0.3) is 22.2 Å². The number of carbonyl (C=O) groups excluding carboxylic acids is 4. The fourth-order valence-electron chi connectivity index (χ4n) is 12.4. The van der Waals surface area contributed by atoms with Crippen molar-refractivity contribution in [1.82, 2.24) is 34.5 Å². The molecular weight excluding hydrogens is 882 g/mol. The Morgan fingerprint density at radius 3 is 2.32 bits per heavy atom. The van der Waals surface area contributed by atoms with Gasteiger partial charge in [0.1, 0.15) is 16.9 Å². The Balaban J connectivity index is 0.751. The number of fused-ring (bicyclic) bond motifs is 2. The van der Waals surface area contributed by atoms with Gasteiger partial charge in [0, 0.05) is 81.2 Å². The molecule has 0 spiro atoms. The molecule has 4 saturated carbocycles. The van der Waals surface area contributed by atoms with Crippen LogP contribution < -0.4 is 5.32 Å². The topological polar surface area (TPSA) is 150 Å². The highest BCUT2D eigenvalue weighted by molar-refractivity contribution is 6.20. The van der Waals surface area contributed by atoms with E-state index in [9.17, 15) is 24.3 Å². The van der Waals surface area contributed by atoms with Crippen LogP contribution in [-0.2, 0) is 30.9 Å². The molecule has 7 fully saturated rings. The van der Waals surface area contributed by atoms with Crippen molar-refractivity contribution in [2.24, 2.45) is 24.8 Å². The number of alkyl halides is 1. The third kappa shape index (κ3) is 9.10. The molecule has 2 aromatic carbocycles. The van der Waals surface area contributed by atoms with Crippen molar-refractivity contribution in [3.8, 4) is 11.1 Å². The summed E-state index contributed by atoms with van der Waals surface area (Å²) < 4.78 is 15.7. The zero-order chi connectivity index (χ0) is 47.5. The van der Waals surface area contributed by atoms with E-state index < -0.39 is 23.0 Å². The Morgan fingerprint density at radius 2 is 1.62 bits per heavy atom. The van der Waals surface area contributed by atoms with Crippen molar-refractivity contribution in [2.45, 2.75) is 157 Å². The lowest BCUT2D eigenvalue weighted by atomic mass is 9.71. The number of nitrogens with one attached hydrogen (secondary N) is 1. The second-order valence-electron chi connectivity index (χ2n) is 21.7. The number of aromatic nitrogens is 2. The summed E-state index contributed by atoms with van der Waals surface area (Å²) in [6.45, 7) is 8.86. The molecule has 3 saturated heterocycles. The van der Waals surface area contributed by atoms with E-state index in [0.29, 0.717) is 88.4 Å². The number of benzene rings is 2. The van der Waals surface area contributed by atoms with Gasteiger partial charge in [-0.25, -0.2) is 4.98 Å². The van der Waals surface area contributed by atoms with Crippen LogP contribution in [0.15, 0.2) is 48.8 Å². The van der Waals surface area contributed by atoms with E-state index in [2.05, 4.69) is 42.3 Å². The van der Waals surface area contributed by atoms with E-state index in [-0.39, 0.29) is 53.7 Å². The van der Waals surface area contributed by atoms with E-state index >= 15 is 0 Å². The summed E-state index contributed by atoms with van der Waals surface area (Å²) in [6, 6.07) is 13.5. The van der Waals surface area contributed by atoms with Gasteiger partial charge < -0.3 is 38.7 Å². The Labute approximate surface area is 406 Å². The summed E-state index contributed by atoms with van der Waals surface area (Å²) in [5, 5.41) is 15.2. The van der Waals surface area contributed by atoms with Gasteiger partial charge in [0.15, 0.2) is 0 Å². The highest BCUT2D eigenvalue weighted by Crippen LogP contribution is 2.49. The molecule has 14 nitrogen and oxygen atoms in total. The Morgan fingerprint density at radius 1 is 0.897 bits per heavy atom. The number of aryl methyl sites for hydroxylation is 1. The summed E-state index contributed by atoms with van der Waals surface area (Å²) in [4.78, 5) is 68.1. The van der Waals surface area contributed by atoms with Crippen LogP contribution in [0.2, 0.25) is 0 Å². The van der Waals surface area contributed by atoms with E-state index in [4.69, 9.17) is 21.1 Å². The lowest BCUT2D eigenvalue weighted by molar-refractivity contribution is -0.161. The standard InChI is InChI=1S/C53H72ClN7O7/c1-5-6-7-34(2)53(56-43-18-17-41(54)29-46(43)68-53)40-15-12-38(13-16-40)48(63)59-25-27-61(49(64)51(66)20-21-51)42(31-59)32-67-52(22-23-52)50(65)60-26-24-58(30-35(60)3)47(62)37-10-8-36(9-11-37)39-14-19-45-44(28-39)55-33-57(45)4/h8-11,14,19,28,33-35,38,40-43,46,56,66H,5-7,12-13,15-18,20-27,29-32H2,1-4H3/t34?,35-,38?,40?,41?,42+,43?,46?,53?/m0/s1. The minimum atomic E-state index is -1.36. The maximum absolute atomic E-state index is 14.4. The van der Waals surface area contributed by atoms with Crippen molar-refractivity contribution in [3.63, 3.8) is 0 Å². The molecule has 7 atom stereocenters. The number of nitrogens with zero attached hydrogens (tertiary/aromatic N) is 6. The summed E-state index contributed by atoms with van der Waals surface area (Å²) in [6.07, 6.45) is 13.6. The number of hydrogen-bond donors (Lipinski definition) is 2. The van der Waals surface area contributed by atoms with Gasteiger partial charge in [-0.15, -0.1) is 11.6 Å². The molecule has 7 aliphatic rings. The van der Waals surface area contributed by atoms with Crippen LogP contribution in [0.5, 0.6) is 0 Å². The Bertz CT molecular complexity index is 2360. The number of imidazole rings is 1. The fraction of sp³-hybridized carbons (Fsp3) is 0.679. The lowest BCUT2D eigenvalue weighted by Gasteiger charge is -2.46. The van der Waals surface area contributed by atoms with Gasteiger partial charge in [-0.1, -0.05) is 44.9 Å². The molecule has 0 radical (unpaired) electrons. The predicted octanol–water partition coefficient (Wildman–Crippen LogP) is 6.50. The third-order valence-electron chi connectivity index (χ3n) is 17.1. The number of hydrogen-bond acceptors (Lipinski definition) is 9. The summed E-state index contributed by atoms with van der Waals surface area (Å²) in [5.74, 6) is 0.201. The van der Waals surface area contributed by atoms with E-state index in [1.165, 1.54) is 0 Å². The molecule has 1 aromatic heterocycles. The first-order valence-corrected chi connectivity index (χ1v) is 26.3. The van der Waals surface area contributed by atoms with E-state index in [1.54, 1.807) is 11.2 Å². The number of carbonyl (C=O) groups is 4. The molecule has 368 valence electrons. The van der Waals surface area contributed by atoms with Crippen LogP contribution >= 0.6 is 11.6 Å². The van der Waals surface area contributed by atoms with Gasteiger partial charge in [-0.2, -0.15) is 0 Å². The largest absolute Gasteiger partial charge is 0.380 e. The number of halogens is 1. The van der Waals surface area contributed by atoms with Crippen molar-refractivity contribution < 1.29 is 33.8 Å².